The van der Waals surface area contributed by atoms with Crippen molar-refractivity contribution in [3.05, 3.63) is 24.3 Å². The predicted molar refractivity (Wildman–Crippen MR) is 28.6 cm³/mol. The van der Waals surface area contributed by atoms with Crippen LogP contribution in [0, 0.1) is 6.07 Å². The minimum Gasteiger partial charge on any atom is -0.562 e. The summed E-state index contributed by atoms with van der Waals surface area (Å²) in [7, 11) is 0. The third-order valence-corrected chi connectivity index (χ3v) is 0.813. The molecule has 2 nitrogen and oxygen atoms in total. The van der Waals surface area contributed by atoms with Crippen molar-refractivity contribution in [3.63, 3.8) is 0 Å². The quantitative estimate of drug-likeness (QED) is 0.381. The maximum Gasteiger partial charge on any atom is 0.0442 e. The smallest absolute Gasteiger partial charge is 0.0442 e. The molecule has 1 aromatic carbocycles. The first-order chi connectivity index (χ1) is 3.80. The molecule has 9 heavy (non-hydrogen) atoms. The zero-order chi connectivity index (χ0) is 5.98. The Kier molecular flexibility index (Phi) is 3.25. The van der Waals surface area contributed by atoms with E-state index in [1.807, 2.05) is 0 Å². The van der Waals surface area contributed by atoms with E-state index in [1.54, 1.807) is 6.07 Å². The van der Waals surface area contributed by atoms with Crippen LogP contribution in [0.4, 0.5) is 0 Å². The van der Waals surface area contributed by atoms with Crippen LogP contribution >= 0.6 is 0 Å². The maximum absolute atomic E-state index is 8.64. The molecule has 0 saturated carbocycles. The largest absolute Gasteiger partial charge is 0.562 e. The summed E-state index contributed by atoms with van der Waals surface area (Å²) in [6, 6.07) is 6.91. The number of rotatable bonds is 0. The van der Waals surface area contributed by atoms with Crippen molar-refractivity contribution >= 4 is 0 Å². The third-order valence-electron chi connectivity index (χ3n) is 0.813. The monoisotopic (exact) mass is 212 g/mol. The van der Waals surface area contributed by atoms with Gasteiger partial charge in [0.15, 0.2) is 0 Å². The number of hydrogen-bond acceptors (Lipinski definition) is 2. The van der Waals surface area contributed by atoms with Gasteiger partial charge in [-0.05, 0) is 0 Å². The van der Waals surface area contributed by atoms with Gasteiger partial charge in [0.05, 0.1) is 0 Å². The molecule has 3 heteroatoms. The number of hydrogen-bond donors (Lipinski definition) is 2. The van der Waals surface area contributed by atoms with Crippen LogP contribution in [0.1, 0.15) is 0 Å². The SMILES string of the molecule is Oc1[c-]cccc1O.[Rh]. The van der Waals surface area contributed by atoms with Crippen molar-refractivity contribution < 1.29 is 29.7 Å². The second-order valence-electron chi connectivity index (χ2n) is 1.40. The van der Waals surface area contributed by atoms with E-state index in [-0.39, 0.29) is 31.0 Å². The van der Waals surface area contributed by atoms with E-state index in [9.17, 15) is 0 Å². The molecule has 0 aliphatic heterocycles. The summed E-state index contributed by atoms with van der Waals surface area (Å²) < 4.78 is 0. The van der Waals surface area contributed by atoms with Crippen LogP contribution in [0.5, 0.6) is 11.5 Å². The Morgan fingerprint density at radius 2 is 2.00 bits per heavy atom. The van der Waals surface area contributed by atoms with E-state index in [4.69, 9.17) is 10.2 Å². The molecular formula is C6H5O2Rh-. The summed E-state index contributed by atoms with van der Waals surface area (Å²) >= 11 is 0. The maximum atomic E-state index is 8.64. The first kappa shape index (κ1) is 8.44. The Morgan fingerprint density at radius 3 is 2.33 bits per heavy atom. The molecule has 0 fully saturated rings. The average Bonchev–Trinajstić information content (AvgIpc) is 1.77. The van der Waals surface area contributed by atoms with Gasteiger partial charge in [0, 0.05) is 31.0 Å². The fourth-order valence-electron chi connectivity index (χ4n) is 0.419. The summed E-state index contributed by atoms with van der Waals surface area (Å²) in [6.07, 6.45) is 0. The van der Waals surface area contributed by atoms with Gasteiger partial charge in [-0.1, -0.05) is 0 Å². The molecule has 0 amide bonds. The van der Waals surface area contributed by atoms with E-state index in [1.165, 1.54) is 12.1 Å². The molecule has 0 unspecified atom stereocenters. The molecule has 0 aromatic heterocycles. The van der Waals surface area contributed by atoms with Gasteiger partial charge in [-0.25, -0.2) is 0 Å². The molecule has 0 bridgehead atoms. The molecule has 0 saturated heterocycles. The van der Waals surface area contributed by atoms with Crippen LogP contribution in [-0.2, 0) is 19.5 Å². The first-order valence-electron chi connectivity index (χ1n) is 2.19. The Balaban J connectivity index is 0.000000640. The van der Waals surface area contributed by atoms with Crippen molar-refractivity contribution in [2.24, 2.45) is 0 Å². The van der Waals surface area contributed by atoms with Crippen molar-refractivity contribution in [2.75, 3.05) is 0 Å². The Bertz CT molecular complexity index is 167. The summed E-state index contributed by atoms with van der Waals surface area (Å²) in [5.41, 5.74) is 0. The van der Waals surface area contributed by atoms with Gasteiger partial charge in [0.2, 0.25) is 0 Å². The topological polar surface area (TPSA) is 40.5 Å². The first-order valence-corrected chi connectivity index (χ1v) is 2.19. The second kappa shape index (κ2) is 3.47. The van der Waals surface area contributed by atoms with Crippen LogP contribution in [0.3, 0.4) is 0 Å². The zero-order valence-corrected chi connectivity index (χ0v) is 6.10. The molecule has 0 spiro atoms. The average molecular weight is 212 g/mol. The van der Waals surface area contributed by atoms with E-state index in [0.717, 1.165) is 0 Å². The standard InChI is InChI=1S/C6H5O2.Rh/c7-5-3-1-2-4-6(5)8;/h1-3,7-8H;/q-1;. The fourth-order valence-corrected chi connectivity index (χ4v) is 0.419. The van der Waals surface area contributed by atoms with Crippen molar-refractivity contribution in [1.82, 2.24) is 0 Å². The van der Waals surface area contributed by atoms with E-state index in [2.05, 4.69) is 6.07 Å². The van der Waals surface area contributed by atoms with Crippen molar-refractivity contribution in [1.29, 1.82) is 0 Å². The zero-order valence-electron chi connectivity index (χ0n) is 4.46. The number of para-hydroxylation sites is 1. The van der Waals surface area contributed by atoms with Gasteiger partial charge in [0.25, 0.3) is 0 Å². The summed E-state index contributed by atoms with van der Waals surface area (Å²) in [5.74, 6) is -0.333. The Labute approximate surface area is 65.9 Å². The van der Waals surface area contributed by atoms with Crippen molar-refractivity contribution in [3.8, 4) is 11.5 Å². The summed E-state index contributed by atoms with van der Waals surface area (Å²) in [6.45, 7) is 0. The molecule has 51 valence electrons. The van der Waals surface area contributed by atoms with Crippen LogP contribution < -0.4 is 0 Å². The molecule has 2 N–H and O–H groups in total. The molecular weight excluding hydrogens is 207 g/mol. The van der Waals surface area contributed by atoms with E-state index in [0.29, 0.717) is 0 Å². The summed E-state index contributed by atoms with van der Waals surface area (Å²) in [5, 5.41) is 17.3. The fraction of sp³-hybridized carbons (Fsp3) is 0. The van der Waals surface area contributed by atoms with Gasteiger partial charge in [-0.3, -0.25) is 0 Å². The van der Waals surface area contributed by atoms with Crippen LogP contribution in [-0.4, -0.2) is 10.2 Å². The molecule has 1 rings (SSSR count). The molecule has 1 radical (unpaired) electrons. The van der Waals surface area contributed by atoms with Crippen LogP contribution in [0.15, 0.2) is 18.2 Å². The molecule has 0 heterocycles. The minimum atomic E-state index is -0.201. The third kappa shape index (κ3) is 2.02. The van der Waals surface area contributed by atoms with Gasteiger partial charge in [-0.15, -0.1) is 12.1 Å². The predicted octanol–water partition coefficient (Wildman–Crippen LogP) is 0.895. The van der Waals surface area contributed by atoms with Gasteiger partial charge >= 0.3 is 0 Å². The van der Waals surface area contributed by atoms with Crippen LogP contribution in [0.2, 0.25) is 0 Å². The van der Waals surface area contributed by atoms with Gasteiger partial charge in [0.1, 0.15) is 0 Å². The summed E-state index contributed by atoms with van der Waals surface area (Å²) in [4.78, 5) is 0. The molecule has 0 aliphatic carbocycles. The minimum absolute atomic E-state index is 0. The van der Waals surface area contributed by atoms with Crippen LogP contribution in [0.25, 0.3) is 0 Å². The van der Waals surface area contributed by atoms with Gasteiger partial charge in [-0.2, -0.15) is 12.1 Å². The van der Waals surface area contributed by atoms with E-state index < -0.39 is 0 Å². The second-order valence-corrected chi connectivity index (χ2v) is 1.40. The number of benzene rings is 1. The van der Waals surface area contributed by atoms with Gasteiger partial charge < -0.3 is 10.2 Å². The number of phenols is 2. The number of aromatic hydroxyl groups is 2. The normalized spacial score (nSPS) is 8.00. The molecule has 0 aliphatic rings. The van der Waals surface area contributed by atoms with Crippen molar-refractivity contribution in [2.45, 2.75) is 0 Å². The Morgan fingerprint density at radius 1 is 1.33 bits per heavy atom. The molecule has 1 aromatic rings. The molecule has 0 atom stereocenters. The van der Waals surface area contributed by atoms with E-state index >= 15 is 0 Å². The number of phenolic OH excluding ortho intramolecular Hbond substituents is 2. The Hall–Kier alpha value is -0.557.